The average Bonchev–Trinajstić information content (AvgIpc) is 2.66. The third-order valence-corrected chi connectivity index (χ3v) is 3.01. The van der Waals surface area contributed by atoms with E-state index in [0.29, 0.717) is 24.7 Å². The van der Waals surface area contributed by atoms with Crippen LogP contribution in [0.15, 0.2) is 4.52 Å². The number of aliphatic hydroxyl groups is 1. The molecule has 0 aromatic carbocycles. The summed E-state index contributed by atoms with van der Waals surface area (Å²) in [7, 11) is 0. The SMILES string of the molecule is CC1(C)CC1c1noc([C@@H](O)CCN)n1. The standard InChI is InChI=1S/C10H17N3O2/c1-10(2)5-6(10)8-12-9(15-13-8)7(14)3-4-11/h6-7,14H,3-5,11H2,1-2H3/t6?,7-/m0/s1. The van der Waals surface area contributed by atoms with E-state index in [2.05, 4.69) is 24.0 Å². The summed E-state index contributed by atoms with van der Waals surface area (Å²) in [6.07, 6.45) is 0.812. The molecule has 1 aliphatic carbocycles. The fraction of sp³-hybridized carbons (Fsp3) is 0.800. The van der Waals surface area contributed by atoms with E-state index in [1.807, 2.05) is 0 Å². The van der Waals surface area contributed by atoms with Gasteiger partial charge < -0.3 is 15.4 Å². The van der Waals surface area contributed by atoms with Crippen LogP contribution < -0.4 is 5.73 Å². The lowest BCUT2D eigenvalue weighted by Crippen LogP contribution is -2.07. The molecule has 1 aromatic heterocycles. The van der Waals surface area contributed by atoms with Crippen LogP contribution in [0, 0.1) is 5.41 Å². The number of nitrogens with two attached hydrogens (primary N) is 1. The second-order valence-electron chi connectivity index (χ2n) is 4.83. The van der Waals surface area contributed by atoms with Gasteiger partial charge in [0, 0.05) is 5.92 Å². The Hall–Kier alpha value is -0.940. The van der Waals surface area contributed by atoms with Gasteiger partial charge in [-0.3, -0.25) is 0 Å². The van der Waals surface area contributed by atoms with Gasteiger partial charge in [0.1, 0.15) is 6.10 Å². The molecule has 1 heterocycles. The smallest absolute Gasteiger partial charge is 0.255 e. The van der Waals surface area contributed by atoms with E-state index in [-0.39, 0.29) is 11.3 Å². The zero-order valence-electron chi connectivity index (χ0n) is 9.10. The van der Waals surface area contributed by atoms with Gasteiger partial charge in [-0.25, -0.2) is 0 Å². The lowest BCUT2D eigenvalue weighted by Gasteiger charge is -2.01. The molecule has 84 valence electrons. The second-order valence-corrected chi connectivity index (χ2v) is 4.83. The summed E-state index contributed by atoms with van der Waals surface area (Å²) < 4.78 is 5.01. The van der Waals surface area contributed by atoms with Crippen molar-refractivity contribution in [3.8, 4) is 0 Å². The first-order chi connectivity index (χ1) is 7.04. The molecule has 2 atom stereocenters. The van der Waals surface area contributed by atoms with Gasteiger partial charge in [0.15, 0.2) is 5.82 Å². The van der Waals surface area contributed by atoms with Gasteiger partial charge in [-0.2, -0.15) is 4.98 Å². The molecule has 0 radical (unpaired) electrons. The van der Waals surface area contributed by atoms with Crippen molar-refractivity contribution in [2.75, 3.05) is 6.54 Å². The monoisotopic (exact) mass is 211 g/mol. The number of aromatic nitrogens is 2. The quantitative estimate of drug-likeness (QED) is 0.775. The first-order valence-electron chi connectivity index (χ1n) is 5.26. The third-order valence-electron chi connectivity index (χ3n) is 3.01. The van der Waals surface area contributed by atoms with Crippen LogP contribution in [-0.4, -0.2) is 21.8 Å². The zero-order valence-corrected chi connectivity index (χ0v) is 9.10. The van der Waals surface area contributed by atoms with Gasteiger partial charge in [-0.15, -0.1) is 0 Å². The molecule has 2 rings (SSSR count). The van der Waals surface area contributed by atoms with Crippen LogP contribution in [0.1, 0.15) is 50.4 Å². The number of hydrogen-bond donors (Lipinski definition) is 2. The van der Waals surface area contributed by atoms with Crippen molar-refractivity contribution in [3.63, 3.8) is 0 Å². The van der Waals surface area contributed by atoms with Crippen molar-refractivity contribution >= 4 is 0 Å². The lowest BCUT2D eigenvalue weighted by atomic mass is 10.1. The molecule has 1 saturated carbocycles. The van der Waals surface area contributed by atoms with Gasteiger partial charge in [0.2, 0.25) is 0 Å². The molecule has 0 saturated heterocycles. The zero-order chi connectivity index (χ0) is 11.1. The first kappa shape index (κ1) is 10.6. The van der Waals surface area contributed by atoms with E-state index in [1.54, 1.807) is 0 Å². The van der Waals surface area contributed by atoms with E-state index in [9.17, 15) is 5.11 Å². The van der Waals surface area contributed by atoms with Crippen LogP contribution in [-0.2, 0) is 0 Å². The Morgan fingerprint density at radius 2 is 2.33 bits per heavy atom. The topological polar surface area (TPSA) is 85.2 Å². The van der Waals surface area contributed by atoms with Crippen LogP contribution in [0.4, 0.5) is 0 Å². The minimum Gasteiger partial charge on any atom is -0.383 e. The fourth-order valence-electron chi connectivity index (χ4n) is 1.71. The average molecular weight is 211 g/mol. The van der Waals surface area contributed by atoms with E-state index in [0.717, 1.165) is 6.42 Å². The molecular formula is C10H17N3O2. The number of aliphatic hydroxyl groups excluding tert-OH is 1. The Balaban J connectivity index is 2.05. The summed E-state index contributed by atoms with van der Waals surface area (Å²) in [5, 5.41) is 13.5. The van der Waals surface area contributed by atoms with Gasteiger partial charge in [0.05, 0.1) is 0 Å². The van der Waals surface area contributed by atoms with Crippen molar-refractivity contribution in [3.05, 3.63) is 11.7 Å². The highest BCUT2D eigenvalue weighted by Gasteiger charge is 2.49. The summed E-state index contributed by atoms with van der Waals surface area (Å²) in [5.74, 6) is 1.38. The van der Waals surface area contributed by atoms with Gasteiger partial charge in [0.25, 0.3) is 5.89 Å². The van der Waals surface area contributed by atoms with E-state index >= 15 is 0 Å². The minimum absolute atomic E-state index is 0.278. The van der Waals surface area contributed by atoms with Crippen LogP contribution in [0.3, 0.4) is 0 Å². The molecule has 0 aliphatic heterocycles. The van der Waals surface area contributed by atoms with Gasteiger partial charge in [-0.05, 0) is 24.8 Å². The molecule has 1 unspecified atom stereocenters. The van der Waals surface area contributed by atoms with Crippen LogP contribution >= 0.6 is 0 Å². The Kier molecular flexibility index (Phi) is 2.52. The highest BCUT2D eigenvalue weighted by molar-refractivity contribution is 5.14. The van der Waals surface area contributed by atoms with E-state index < -0.39 is 6.10 Å². The highest BCUT2D eigenvalue weighted by Crippen LogP contribution is 2.57. The number of nitrogens with zero attached hydrogens (tertiary/aromatic N) is 2. The summed E-state index contributed by atoms with van der Waals surface area (Å²) in [6, 6.07) is 0. The molecule has 0 bridgehead atoms. The molecular weight excluding hydrogens is 194 g/mol. The van der Waals surface area contributed by atoms with Gasteiger partial charge in [-0.1, -0.05) is 19.0 Å². The Morgan fingerprint density at radius 3 is 2.87 bits per heavy atom. The van der Waals surface area contributed by atoms with Crippen LogP contribution in [0.25, 0.3) is 0 Å². The summed E-state index contributed by atoms with van der Waals surface area (Å²) in [4.78, 5) is 4.20. The largest absolute Gasteiger partial charge is 0.383 e. The van der Waals surface area contributed by atoms with Crippen LogP contribution in [0.5, 0.6) is 0 Å². The van der Waals surface area contributed by atoms with Crippen molar-refractivity contribution in [2.24, 2.45) is 11.1 Å². The predicted molar refractivity (Wildman–Crippen MR) is 54.1 cm³/mol. The maximum Gasteiger partial charge on any atom is 0.255 e. The maximum absolute atomic E-state index is 9.59. The fourth-order valence-corrected chi connectivity index (χ4v) is 1.71. The van der Waals surface area contributed by atoms with Gasteiger partial charge >= 0.3 is 0 Å². The Bertz CT molecular complexity index is 348. The molecule has 1 aliphatic rings. The van der Waals surface area contributed by atoms with Crippen molar-refractivity contribution < 1.29 is 9.63 Å². The van der Waals surface area contributed by atoms with E-state index in [4.69, 9.17) is 10.3 Å². The van der Waals surface area contributed by atoms with Crippen molar-refractivity contribution in [1.82, 2.24) is 10.1 Å². The molecule has 5 heteroatoms. The Labute approximate surface area is 88.7 Å². The molecule has 0 amide bonds. The number of rotatable bonds is 4. The maximum atomic E-state index is 9.59. The van der Waals surface area contributed by atoms with Crippen LogP contribution in [0.2, 0.25) is 0 Å². The summed E-state index contributed by atoms with van der Waals surface area (Å²) in [6.45, 7) is 4.75. The predicted octanol–water partition coefficient (Wildman–Crippen LogP) is 0.965. The summed E-state index contributed by atoms with van der Waals surface area (Å²) in [5.41, 5.74) is 5.62. The van der Waals surface area contributed by atoms with Crippen molar-refractivity contribution in [2.45, 2.75) is 38.7 Å². The molecule has 15 heavy (non-hydrogen) atoms. The second kappa shape index (κ2) is 3.57. The molecule has 5 nitrogen and oxygen atoms in total. The normalized spacial score (nSPS) is 25.2. The van der Waals surface area contributed by atoms with Crippen molar-refractivity contribution in [1.29, 1.82) is 0 Å². The van der Waals surface area contributed by atoms with E-state index in [1.165, 1.54) is 0 Å². The Morgan fingerprint density at radius 1 is 1.67 bits per heavy atom. The minimum atomic E-state index is -0.724. The highest BCUT2D eigenvalue weighted by atomic mass is 16.5. The lowest BCUT2D eigenvalue weighted by molar-refractivity contribution is 0.127. The molecule has 1 fully saturated rings. The first-order valence-corrected chi connectivity index (χ1v) is 5.26. The summed E-state index contributed by atoms with van der Waals surface area (Å²) >= 11 is 0. The molecule has 3 N–H and O–H groups in total. The molecule has 0 spiro atoms. The third kappa shape index (κ3) is 2.03. The number of hydrogen-bond acceptors (Lipinski definition) is 5. The molecule has 1 aromatic rings.